The van der Waals surface area contributed by atoms with Crippen molar-refractivity contribution in [2.24, 2.45) is 11.8 Å². The molecule has 3 atom stereocenters. The number of aliphatic carboxylic acids is 1. The normalized spacial score (nSPS) is 22.0. The number of aliphatic hydroxyl groups is 1. The van der Waals surface area contributed by atoms with Gasteiger partial charge in [0.15, 0.2) is 0 Å². The van der Waals surface area contributed by atoms with Gasteiger partial charge < -0.3 is 20.8 Å². The second-order valence-electron chi connectivity index (χ2n) is 5.77. The SMILES string of the molecule is C=CC(=O)NC(C)(C)C(=O)NCCC(C(=O)O)C1CC1O. The van der Waals surface area contributed by atoms with Crippen LogP contribution in [0.1, 0.15) is 26.7 Å². The van der Waals surface area contributed by atoms with Crippen LogP contribution in [0.2, 0.25) is 0 Å². The van der Waals surface area contributed by atoms with Crippen LogP contribution in [0.4, 0.5) is 0 Å². The summed E-state index contributed by atoms with van der Waals surface area (Å²) in [7, 11) is 0. The van der Waals surface area contributed by atoms with Gasteiger partial charge >= 0.3 is 5.97 Å². The zero-order valence-electron chi connectivity index (χ0n) is 12.3. The van der Waals surface area contributed by atoms with Crippen LogP contribution in [-0.2, 0) is 14.4 Å². The van der Waals surface area contributed by atoms with Crippen molar-refractivity contribution >= 4 is 17.8 Å². The van der Waals surface area contributed by atoms with Gasteiger partial charge in [0.25, 0.3) is 0 Å². The lowest BCUT2D eigenvalue weighted by molar-refractivity contribution is -0.143. The molecule has 0 saturated heterocycles. The Morgan fingerprint density at radius 2 is 2.00 bits per heavy atom. The molecule has 0 aromatic heterocycles. The lowest BCUT2D eigenvalue weighted by Crippen LogP contribution is -2.54. The Hall–Kier alpha value is -1.89. The monoisotopic (exact) mass is 298 g/mol. The number of nitrogens with one attached hydrogen (secondary N) is 2. The zero-order chi connectivity index (χ0) is 16.2. The predicted octanol–water partition coefficient (Wildman–Crippen LogP) is -0.345. The average molecular weight is 298 g/mol. The number of carbonyl (C=O) groups excluding carboxylic acids is 2. The fourth-order valence-electron chi connectivity index (χ4n) is 2.13. The maximum atomic E-state index is 12.0. The van der Waals surface area contributed by atoms with Crippen LogP contribution < -0.4 is 10.6 Å². The van der Waals surface area contributed by atoms with E-state index in [0.717, 1.165) is 6.08 Å². The first kappa shape index (κ1) is 17.2. The zero-order valence-corrected chi connectivity index (χ0v) is 12.3. The highest BCUT2D eigenvalue weighted by Crippen LogP contribution is 2.39. The lowest BCUT2D eigenvalue weighted by Gasteiger charge is -2.24. The lowest BCUT2D eigenvalue weighted by atomic mass is 9.99. The van der Waals surface area contributed by atoms with Crippen molar-refractivity contribution in [3.63, 3.8) is 0 Å². The van der Waals surface area contributed by atoms with Crippen LogP contribution in [0.3, 0.4) is 0 Å². The first-order valence-corrected chi connectivity index (χ1v) is 6.82. The number of rotatable bonds is 8. The van der Waals surface area contributed by atoms with Crippen molar-refractivity contribution < 1.29 is 24.6 Å². The number of carboxylic acids is 1. The fraction of sp³-hybridized carbons (Fsp3) is 0.643. The quantitative estimate of drug-likeness (QED) is 0.457. The van der Waals surface area contributed by atoms with Crippen molar-refractivity contribution in [3.05, 3.63) is 12.7 Å². The Bertz CT molecular complexity index is 447. The van der Waals surface area contributed by atoms with Gasteiger partial charge in [-0.05, 0) is 32.8 Å². The second kappa shape index (κ2) is 6.71. The smallest absolute Gasteiger partial charge is 0.306 e. The van der Waals surface area contributed by atoms with Gasteiger partial charge in [0.2, 0.25) is 11.8 Å². The second-order valence-corrected chi connectivity index (χ2v) is 5.77. The molecule has 0 aromatic carbocycles. The molecule has 1 rings (SSSR count). The predicted molar refractivity (Wildman–Crippen MR) is 75.3 cm³/mol. The summed E-state index contributed by atoms with van der Waals surface area (Å²) in [6.45, 7) is 6.57. The van der Waals surface area contributed by atoms with E-state index in [-0.39, 0.29) is 18.9 Å². The van der Waals surface area contributed by atoms with E-state index >= 15 is 0 Å². The average Bonchev–Trinajstić information content (AvgIpc) is 3.09. The van der Waals surface area contributed by atoms with Crippen LogP contribution in [0.25, 0.3) is 0 Å². The molecule has 4 N–H and O–H groups in total. The molecule has 2 amide bonds. The van der Waals surface area contributed by atoms with Gasteiger partial charge in [-0.1, -0.05) is 6.58 Å². The van der Waals surface area contributed by atoms with Gasteiger partial charge in [0.05, 0.1) is 12.0 Å². The highest BCUT2D eigenvalue weighted by atomic mass is 16.4. The minimum Gasteiger partial charge on any atom is -0.481 e. The van der Waals surface area contributed by atoms with E-state index in [1.165, 1.54) is 0 Å². The molecular weight excluding hydrogens is 276 g/mol. The van der Waals surface area contributed by atoms with Crippen molar-refractivity contribution in [1.29, 1.82) is 0 Å². The maximum absolute atomic E-state index is 12.0. The Morgan fingerprint density at radius 1 is 1.43 bits per heavy atom. The van der Waals surface area contributed by atoms with E-state index in [2.05, 4.69) is 17.2 Å². The van der Waals surface area contributed by atoms with Gasteiger partial charge in [-0.2, -0.15) is 0 Å². The van der Waals surface area contributed by atoms with Crippen molar-refractivity contribution in [2.45, 2.75) is 38.3 Å². The van der Waals surface area contributed by atoms with E-state index in [0.29, 0.717) is 6.42 Å². The fourth-order valence-corrected chi connectivity index (χ4v) is 2.13. The summed E-state index contributed by atoms with van der Waals surface area (Å²) in [5, 5.41) is 23.5. The van der Waals surface area contributed by atoms with E-state index in [1.807, 2.05) is 0 Å². The molecule has 0 aliphatic heterocycles. The van der Waals surface area contributed by atoms with Gasteiger partial charge in [-0.25, -0.2) is 0 Å². The van der Waals surface area contributed by atoms with Crippen LogP contribution >= 0.6 is 0 Å². The van der Waals surface area contributed by atoms with Gasteiger partial charge in [0.1, 0.15) is 5.54 Å². The van der Waals surface area contributed by atoms with Gasteiger partial charge in [-0.3, -0.25) is 14.4 Å². The Morgan fingerprint density at radius 3 is 2.43 bits per heavy atom. The van der Waals surface area contributed by atoms with Crippen molar-refractivity contribution in [3.8, 4) is 0 Å². The Labute approximate surface area is 123 Å². The molecule has 1 aliphatic carbocycles. The maximum Gasteiger partial charge on any atom is 0.306 e. The Kier molecular flexibility index (Phi) is 5.48. The molecule has 118 valence electrons. The van der Waals surface area contributed by atoms with Crippen LogP contribution in [0.15, 0.2) is 12.7 Å². The molecule has 0 heterocycles. The largest absolute Gasteiger partial charge is 0.481 e. The number of carbonyl (C=O) groups is 3. The van der Waals surface area contributed by atoms with Crippen LogP contribution in [0.5, 0.6) is 0 Å². The topological polar surface area (TPSA) is 116 Å². The third-order valence-corrected chi connectivity index (χ3v) is 3.57. The summed E-state index contributed by atoms with van der Waals surface area (Å²) in [5.74, 6) is -2.72. The summed E-state index contributed by atoms with van der Waals surface area (Å²) in [5.41, 5.74) is -1.11. The van der Waals surface area contributed by atoms with Gasteiger partial charge in [-0.15, -0.1) is 0 Å². The molecule has 1 fully saturated rings. The molecule has 0 radical (unpaired) electrons. The number of amides is 2. The number of carboxylic acid groups (broad SMARTS) is 1. The minimum absolute atomic E-state index is 0.173. The van der Waals surface area contributed by atoms with Gasteiger partial charge in [0, 0.05) is 12.5 Å². The molecule has 3 unspecified atom stereocenters. The standard InChI is InChI=1S/C14H22N2O5/c1-4-11(18)16-14(2,3)13(21)15-6-5-8(12(19)20)9-7-10(9)17/h4,8-10,17H,1,5-7H2,2-3H3,(H,15,21)(H,16,18)(H,19,20). The van der Waals surface area contributed by atoms with E-state index in [1.54, 1.807) is 13.8 Å². The van der Waals surface area contributed by atoms with Crippen LogP contribution in [-0.4, -0.2) is 46.2 Å². The van der Waals surface area contributed by atoms with E-state index in [9.17, 15) is 19.5 Å². The molecule has 1 saturated carbocycles. The molecule has 0 spiro atoms. The highest BCUT2D eigenvalue weighted by molar-refractivity contribution is 5.94. The van der Waals surface area contributed by atoms with Crippen LogP contribution in [0, 0.1) is 11.8 Å². The third kappa shape index (κ3) is 4.86. The molecule has 21 heavy (non-hydrogen) atoms. The summed E-state index contributed by atoms with van der Waals surface area (Å²) in [6, 6.07) is 0. The van der Waals surface area contributed by atoms with E-state index < -0.39 is 35.3 Å². The molecule has 1 aliphatic rings. The first-order chi connectivity index (χ1) is 9.69. The minimum atomic E-state index is -1.11. The van der Waals surface area contributed by atoms with E-state index in [4.69, 9.17) is 5.11 Å². The van der Waals surface area contributed by atoms with Crippen molar-refractivity contribution in [2.75, 3.05) is 6.54 Å². The Balaban J connectivity index is 2.43. The molecule has 0 bridgehead atoms. The summed E-state index contributed by atoms with van der Waals surface area (Å²) >= 11 is 0. The van der Waals surface area contributed by atoms with Crippen molar-refractivity contribution in [1.82, 2.24) is 10.6 Å². The number of hydrogen-bond acceptors (Lipinski definition) is 4. The molecule has 7 nitrogen and oxygen atoms in total. The summed E-state index contributed by atoms with van der Waals surface area (Å²) < 4.78 is 0. The summed E-state index contributed by atoms with van der Waals surface area (Å²) in [4.78, 5) is 34.3. The number of hydrogen-bond donors (Lipinski definition) is 4. The summed E-state index contributed by atoms with van der Waals surface area (Å²) in [6.07, 6.45) is 1.26. The number of aliphatic hydroxyl groups excluding tert-OH is 1. The molecular formula is C14H22N2O5. The highest BCUT2D eigenvalue weighted by Gasteiger charge is 2.44. The molecule has 7 heteroatoms. The first-order valence-electron chi connectivity index (χ1n) is 6.82. The third-order valence-electron chi connectivity index (χ3n) is 3.57. The molecule has 0 aromatic rings.